The smallest absolute Gasteiger partial charge is 0.310 e. The zero-order chi connectivity index (χ0) is 36.0. The van der Waals surface area contributed by atoms with Gasteiger partial charge in [0.15, 0.2) is 11.4 Å². The number of aliphatic carboxylic acids is 1. The summed E-state index contributed by atoms with van der Waals surface area (Å²) in [5.41, 5.74) is 9.65. The molecule has 2 saturated heterocycles. The van der Waals surface area contributed by atoms with Crippen LogP contribution in [0.1, 0.15) is 54.0 Å². The van der Waals surface area contributed by atoms with Crippen LogP contribution < -0.4 is 5.32 Å². The number of carbonyl (C=O) groups is 1. The van der Waals surface area contributed by atoms with Crippen LogP contribution in [0.5, 0.6) is 0 Å². The number of pyridine rings is 2. The average Bonchev–Trinajstić information content (AvgIpc) is 3.90. The van der Waals surface area contributed by atoms with E-state index in [0.717, 1.165) is 75.4 Å². The van der Waals surface area contributed by atoms with Gasteiger partial charge in [0, 0.05) is 48.7 Å². The van der Waals surface area contributed by atoms with Gasteiger partial charge in [-0.15, -0.1) is 0 Å². The molecular formula is C42H41N7O3. The Balaban J connectivity index is 1.07. The first-order valence-electron chi connectivity index (χ1n) is 17.9. The molecule has 0 unspecified atom stereocenters. The molecule has 5 heterocycles. The number of hydrogen-bond acceptors (Lipinski definition) is 9. The SMILES string of the molecule is Cc1c(Nc2nccc3cc(CN4CCCC4)cnc23)cccc1-c1cccc(-c2nc3cc(CN4CC[C@@](C)(C(=O)O)C4)cc(C#N)c3o2)c1C. The molecule has 3 aromatic heterocycles. The van der Waals surface area contributed by atoms with Crippen LogP contribution in [0.2, 0.25) is 0 Å². The number of fused-ring (bicyclic) bond motifs is 2. The van der Waals surface area contributed by atoms with Crippen molar-refractivity contribution >= 4 is 39.5 Å². The van der Waals surface area contributed by atoms with Crippen LogP contribution >= 0.6 is 0 Å². The van der Waals surface area contributed by atoms with E-state index in [0.29, 0.717) is 48.6 Å². The quantitative estimate of drug-likeness (QED) is 0.153. The number of likely N-dealkylation sites (tertiary alicyclic amines) is 2. The average molecular weight is 692 g/mol. The minimum absolute atomic E-state index is 0.411. The molecule has 2 aliphatic heterocycles. The molecule has 1 atom stereocenters. The Morgan fingerprint density at radius 1 is 0.942 bits per heavy atom. The number of rotatable bonds is 9. The third-order valence-corrected chi connectivity index (χ3v) is 10.8. The van der Waals surface area contributed by atoms with Gasteiger partial charge in [-0.3, -0.25) is 19.6 Å². The summed E-state index contributed by atoms with van der Waals surface area (Å²) in [6, 6.07) is 22.6. The number of nitrogens with zero attached hydrogens (tertiary/aromatic N) is 6. The van der Waals surface area contributed by atoms with E-state index in [1.165, 1.54) is 18.4 Å². The summed E-state index contributed by atoms with van der Waals surface area (Å²) in [7, 11) is 0. The minimum Gasteiger partial charge on any atom is -0.481 e. The molecule has 262 valence electrons. The van der Waals surface area contributed by atoms with Gasteiger partial charge in [-0.25, -0.2) is 9.97 Å². The van der Waals surface area contributed by atoms with Crippen molar-refractivity contribution in [2.45, 2.75) is 53.1 Å². The van der Waals surface area contributed by atoms with Crippen molar-refractivity contribution in [2.24, 2.45) is 5.41 Å². The van der Waals surface area contributed by atoms with Gasteiger partial charge in [-0.05, 0) is 129 Å². The van der Waals surface area contributed by atoms with Gasteiger partial charge < -0.3 is 14.8 Å². The van der Waals surface area contributed by atoms with Gasteiger partial charge in [-0.2, -0.15) is 5.26 Å². The highest BCUT2D eigenvalue weighted by Crippen LogP contribution is 2.38. The summed E-state index contributed by atoms with van der Waals surface area (Å²) in [5.74, 6) is 0.390. The second kappa shape index (κ2) is 13.5. The summed E-state index contributed by atoms with van der Waals surface area (Å²) in [6.07, 6.45) is 6.93. The van der Waals surface area contributed by atoms with Crippen LogP contribution in [-0.4, -0.2) is 62.0 Å². The van der Waals surface area contributed by atoms with E-state index in [1.54, 1.807) is 6.92 Å². The summed E-state index contributed by atoms with van der Waals surface area (Å²) in [4.78, 5) is 30.8. The number of anilines is 2. The molecule has 0 spiro atoms. The van der Waals surface area contributed by atoms with E-state index in [4.69, 9.17) is 14.4 Å². The Hall–Kier alpha value is -5.63. The number of nitriles is 1. The first-order valence-corrected chi connectivity index (χ1v) is 17.9. The Morgan fingerprint density at radius 2 is 1.69 bits per heavy atom. The number of carboxylic acid groups (broad SMARTS) is 1. The fourth-order valence-electron chi connectivity index (χ4n) is 7.84. The third-order valence-electron chi connectivity index (χ3n) is 10.8. The highest BCUT2D eigenvalue weighted by molar-refractivity contribution is 5.91. The van der Waals surface area contributed by atoms with Crippen LogP contribution in [0.3, 0.4) is 0 Å². The molecule has 0 aliphatic carbocycles. The van der Waals surface area contributed by atoms with Gasteiger partial charge in [0.1, 0.15) is 17.1 Å². The molecule has 10 heteroatoms. The van der Waals surface area contributed by atoms with E-state index in [9.17, 15) is 15.2 Å². The molecule has 52 heavy (non-hydrogen) atoms. The Bertz CT molecular complexity index is 2390. The zero-order valence-electron chi connectivity index (χ0n) is 29.7. The monoisotopic (exact) mass is 691 g/mol. The van der Waals surface area contributed by atoms with Crippen LogP contribution in [0.15, 0.2) is 77.5 Å². The molecule has 6 aromatic rings. The second-order valence-electron chi connectivity index (χ2n) is 14.6. The van der Waals surface area contributed by atoms with Crippen molar-refractivity contribution in [1.29, 1.82) is 5.26 Å². The molecule has 0 bridgehead atoms. The van der Waals surface area contributed by atoms with Crippen LogP contribution in [0.25, 0.3) is 44.6 Å². The standard InChI is InChI=1S/C42H41N7O3/c1-26-32(33-9-7-11-35(27(33)2)46-39-37-30(12-14-44-39)19-29(22-45-37)24-48-15-4-5-16-48)8-6-10-34(26)40-47-36-20-28(18-31(21-43)38(36)52-40)23-49-17-13-42(3,25-49)41(50)51/h6-12,14,18-20,22H,4-5,13,15-17,23-25H2,1-3H3,(H,44,46)(H,50,51)/t42-/m1/s1. The summed E-state index contributed by atoms with van der Waals surface area (Å²) in [6.45, 7) is 10.9. The minimum atomic E-state index is -0.777. The second-order valence-corrected chi connectivity index (χ2v) is 14.6. The topological polar surface area (TPSA) is 131 Å². The number of oxazole rings is 1. The van der Waals surface area contributed by atoms with Crippen molar-refractivity contribution in [1.82, 2.24) is 24.8 Å². The maximum Gasteiger partial charge on any atom is 0.310 e. The van der Waals surface area contributed by atoms with Crippen LogP contribution in [0, 0.1) is 30.6 Å². The van der Waals surface area contributed by atoms with Crippen molar-refractivity contribution in [3.63, 3.8) is 0 Å². The number of hydrogen-bond donors (Lipinski definition) is 2. The van der Waals surface area contributed by atoms with E-state index < -0.39 is 11.4 Å². The lowest BCUT2D eigenvalue weighted by atomic mass is 9.90. The summed E-state index contributed by atoms with van der Waals surface area (Å²) < 4.78 is 6.30. The number of aromatic nitrogens is 3. The molecule has 0 saturated carbocycles. The molecule has 10 nitrogen and oxygen atoms in total. The molecular weight excluding hydrogens is 651 g/mol. The fraction of sp³-hybridized carbons (Fsp3) is 0.310. The van der Waals surface area contributed by atoms with Crippen molar-refractivity contribution in [2.75, 3.05) is 31.5 Å². The Kier molecular flexibility index (Phi) is 8.69. The Morgan fingerprint density at radius 3 is 2.46 bits per heavy atom. The normalized spacial score (nSPS) is 18.0. The lowest BCUT2D eigenvalue weighted by Gasteiger charge is -2.20. The largest absolute Gasteiger partial charge is 0.481 e. The van der Waals surface area contributed by atoms with Crippen molar-refractivity contribution in [3.8, 4) is 28.7 Å². The number of benzene rings is 3. The van der Waals surface area contributed by atoms with Gasteiger partial charge in [0.25, 0.3) is 0 Å². The third kappa shape index (κ3) is 6.27. The van der Waals surface area contributed by atoms with E-state index in [1.807, 2.05) is 48.8 Å². The predicted molar refractivity (Wildman–Crippen MR) is 202 cm³/mol. The molecule has 0 amide bonds. The lowest BCUT2D eigenvalue weighted by Crippen LogP contribution is -2.31. The summed E-state index contributed by atoms with van der Waals surface area (Å²) in [5, 5.41) is 24.4. The molecule has 3 aromatic carbocycles. The first-order chi connectivity index (χ1) is 25.2. The first kappa shape index (κ1) is 33.5. The van der Waals surface area contributed by atoms with E-state index in [2.05, 4.69) is 64.3 Å². The van der Waals surface area contributed by atoms with E-state index >= 15 is 0 Å². The molecule has 0 radical (unpaired) electrons. The molecule has 2 aliphatic rings. The highest BCUT2D eigenvalue weighted by Gasteiger charge is 2.40. The maximum atomic E-state index is 11.8. The van der Waals surface area contributed by atoms with Crippen molar-refractivity contribution < 1.29 is 14.3 Å². The number of nitrogens with one attached hydrogen (secondary N) is 1. The van der Waals surface area contributed by atoms with Crippen molar-refractivity contribution in [3.05, 3.63) is 101 Å². The number of carboxylic acids is 1. The predicted octanol–water partition coefficient (Wildman–Crippen LogP) is 8.23. The molecule has 8 rings (SSSR count). The van der Waals surface area contributed by atoms with Crippen LogP contribution in [-0.2, 0) is 17.9 Å². The maximum absolute atomic E-state index is 11.8. The van der Waals surface area contributed by atoms with Gasteiger partial charge in [0.2, 0.25) is 5.89 Å². The van der Waals surface area contributed by atoms with E-state index in [-0.39, 0.29) is 0 Å². The summed E-state index contributed by atoms with van der Waals surface area (Å²) >= 11 is 0. The highest BCUT2D eigenvalue weighted by atomic mass is 16.4. The van der Waals surface area contributed by atoms with Crippen LogP contribution in [0.4, 0.5) is 11.5 Å². The molecule has 2 fully saturated rings. The van der Waals surface area contributed by atoms with Gasteiger partial charge in [-0.1, -0.05) is 24.3 Å². The Labute approximate surface area is 302 Å². The van der Waals surface area contributed by atoms with Gasteiger partial charge in [0.05, 0.1) is 11.0 Å². The fourth-order valence-corrected chi connectivity index (χ4v) is 7.84. The molecule has 2 N–H and O–H groups in total. The zero-order valence-corrected chi connectivity index (χ0v) is 29.7. The lowest BCUT2D eigenvalue weighted by molar-refractivity contribution is -0.147. The van der Waals surface area contributed by atoms with Gasteiger partial charge >= 0.3 is 5.97 Å².